The maximum absolute atomic E-state index is 12.0. The SMILES string of the molecule is CCC(CC)(CO)NC(=O)C=Cc1ccc(N(C)C)cc1. The number of benzene rings is 1. The normalized spacial score (nSPS) is 11.7. The maximum atomic E-state index is 12.0. The van der Waals surface area contributed by atoms with Crippen molar-refractivity contribution in [2.45, 2.75) is 32.2 Å². The van der Waals surface area contributed by atoms with Gasteiger partial charge >= 0.3 is 0 Å². The molecule has 4 nitrogen and oxygen atoms in total. The van der Waals surface area contributed by atoms with E-state index in [1.54, 1.807) is 6.08 Å². The van der Waals surface area contributed by atoms with E-state index in [4.69, 9.17) is 0 Å². The van der Waals surface area contributed by atoms with Gasteiger partial charge in [0.1, 0.15) is 0 Å². The molecule has 0 aliphatic carbocycles. The molecule has 21 heavy (non-hydrogen) atoms. The van der Waals surface area contributed by atoms with Gasteiger partial charge in [-0.05, 0) is 36.6 Å². The molecule has 2 N–H and O–H groups in total. The third-order valence-corrected chi connectivity index (χ3v) is 3.88. The van der Waals surface area contributed by atoms with Crippen molar-refractivity contribution in [3.63, 3.8) is 0 Å². The largest absolute Gasteiger partial charge is 0.394 e. The van der Waals surface area contributed by atoms with E-state index in [2.05, 4.69) is 5.32 Å². The molecule has 0 radical (unpaired) electrons. The second kappa shape index (κ2) is 7.84. The van der Waals surface area contributed by atoms with Crippen LogP contribution in [0.15, 0.2) is 30.3 Å². The third kappa shape index (κ3) is 4.90. The first-order chi connectivity index (χ1) is 9.96. The van der Waals surface area contributed by atoms with Crippen molar-refractivity contribution in [2.24, 2.45) is 0 Å². The molecule has 0 saturated carbocycles. The van der Waals surface area contributed by atoms with E-state index in [9.17, 15) is 9.90 Å². The van der Waals surface area contributed by atoms with Crippen LogP contribution in [0.25, 0.3) is 6.08 Å². The summed E-state index contributed by atoms with van der Waals surface area (Å²) in [5.74, 6) is -0.176. The molecule has 116 valence electrons. The first-order valence-electron chi connectivity index (χ1n) is 7.35. The number of hydrogen-bond acceptors (Lipinski definition) is 3. The van der Waals surface area contributed by atoms with Crippen LogP contribution in [-0.2, 0) is 4.79 Å². The highest BCUT2D eigenvalue weighted by Crippen LogP contribution is 2.15. The van der Waals surface area contributed by atoms with E-state index in [0.29, 0.717) is 12.8 Å². The molecule has 0 unspecified atom stereocenters. The molecule has 0 aliphatic rings. The van der Waals surface area contributed by atoms with Crippen molar-refractivity contribution >= 4 is 17.7 Å². The molecule has 0 atom stereocenters. The summed E-state index contributed by atoms with van der Waals surface area (Å²) in [4.78, 5) is 14.0. The summed E-state index contributed by atoms with van der Waals surface area (Å²) in [5, 5.41) is 12.3. The molecule has 1 aromatic rings. The number of aliphatic hydroxyl groups is 1. The summed E-state index contributed by atoms with van der Waals surface area (Å²) in [6, 6.07) is 7.96. The Morgan fingerprint density at radius 2 is 1.81 bits per heavy atom. The second-order valence-corrected chi connectivity index (χ2v) is 5.45. The van der Waals surface area contributed by atoms with E-state index >= 15 is 0 Å². The molecule has 0 heterocycles. The van der Waals surface area contributed by atoms with Crippen LogP contribution < -0.4 is 10.2 Å². The Bertz CT molecular complexity index is 466. The number of anilines is 1. The van der Waals surface area contributed by atoms with Crippen molar-refractivity contribution in [3.8, 4) is 0 Å². The molecule has 0 spiro atoms. The summed E-state index contributed by atoms with van der Waals surface area (Å²) < 4.78 is 0. The highest BCUT2D eigenvalue weighted by molar-refractivity contribution is 5.92. The lowest BCUT2D eigenvalue weighted by Gasteiger charge is -2.30. The summed E-state index contributed by atoms with van der Waals surface area (Å²) in [6.45, 7) is 3.88. The Kier molecular flexibility index (Phi) is 6.43. The molecule has 1 amide bonds. The van der Waals surface area contributed by atoms with Crippen LogP contribution in [0, 0.1) is 0 Å². The standard InChI is InChI=1S/C17H26N2O2/c1-5-17(6-2,13-20)18-16(21)12-9-14-7-10-15(11-8-14)19(3)4/h7-12,20H,5-6,13H2,1-4H3,(H,18,21). The van der Waals surface area contributed by atoms with Gasteiger partial charge in [-0.2, -0.15) is 0 Å². The van der Waals surface area contributed by atoms with Crippen LogP contribution in [0.5, 0.6) is 0 Å². The molecule has 0 saturated heterocycles. The second-order valence-electron chi connectivity index (χ2n) is 5.45. The molecule has 0 aliphatic heterocycles. The smallest absolute Gasteiger partial charge is 0.244 e. The molecule has 1 rings (SSSR count). The fourth-order valence-corrected chi connectivity index (χ4v) is 2.05. The Hall–Kier alpha value is -1.81. The van der Waals surface area contributed by atoms with Crippen LogP contribution >= 0.6 is 0 Å². The first kappa shape index (κ1) is 17.2. The van der Waals surface area contributed by atoms with Gasteiger partial charge in [0.05, 0.1) is 12.1 Å². The van der Waals surface area contributed by atoms with Gasteiger partial charge in [0, 0.05) is 25.9 Å². The highest BCUT2D eigenvalue weighted by Gasteiger charge is 2.26. The predicted molar refractivity (Wildman–Crippen MR) is 88.3 cm³/mol. The lowest BCUT2D eigenvalue weighted by atomic mass is 9.94. The average molecular weight is 290 g/mol. The summed E-state index contributed by atoms with van der Waals surface area (Å²) in [7, 11) is 3.98. The number of nitrogens with one attached hydrogen (secondary N) is 1. The van der Waals surface area contributed by atoms with E-state index in [1.807, 2.05) is 57.1 Å². The van der Waals surface area contributed by atoms with Gasteiger partial charge in [-0.25, -0.2) is 0 Å². The highest BCUT2D eigenvalue weighted by atomic mass is 16.3. The summed E-state index contributed by atoms with van der Waals surface area (Å²) in [6.07, 6.45) is 4.71. The molecule has 0 fully saturated rings. The van der Waals surface area contributed by atoms with Gasteiger partial charge in [0.2, 0.25) is 5.91 Å². The monoisotopic (exact) mass is 290 g/mol. The number of hydrogen-bond donors (Lipinski definition) is 2. The van der Waals surface area contributed by atoms with Crippen molar-refractivity contribution in [2.75, 3.05) is 25.6 Å². The van der Waals surface area contributed by atoms with E-state index < -0.39 is 5.54 Å². The van der Waals surface area contributed by atoms with Crippen LogP contribution in [0.2, 0.25) is 0 Å². The number of aliphatic hydroxyl groups excluding tert-OH is 1. The van der Waals surface area contributed by atoms with Crippen LogP contribution in [0.4, 0.5) is 5.69 Å². The van der Waals surface area contributed by atoms with E-state index in [1.165, 1.54) is 6.08 Å². The van der Waals surface area contributed by atoms with Crippen LogP contribution in [-0.4, -0.2) is 37.3 Å². The Morgan fingerprint density at radius 3 is 2.24 bits per heavy atom. The molecular formula is C17H26N2O2. The summed E-state index contributed by atoms with van der Waals surface area (Å²) in [5.41, 5.74) is 1.57. The number of rotatable bonds is 7. The predicted octanol–water partition coefficient (Wildman–Crippen LogP) is 2.43. The quantitative estimate of drug-likeness (QED) is 0.758. The van der Waals surface area contributed by atoms with Gasteiger partial charge in [0.15, 0.2) is 0 Å². The Morgan fingerprint density at radius 1 is 1.24 bits per heavy atom. The molecular weight excluding hydrogens is 264 g/mol. The Balaban J connectivity index is 2.69. The fourth-order valence-electron chi connectivity index (χ4n) is 2.05. The van der Waals surface area contributed by atoms with Gasteiger partial charge in [0.25, 0.3) is 0 Å². The lowest BCUT2D eigenvalue weighted by Crippen LogP contribution is -2.49. The van der Waals surface area contributed by atoms with Gasteiger partial charge in [-0.3, -0.25) is 4.79 Å². The average Bonchev–Trinajstić information content (AvgIpc) is 2.51. The number of carbonyl (C=O) groups excluding carboxylic acids is 1. The maximum Gasteiger partial charge on any atom is 0.244 e. The zero-order chi connectivity index (χ0) is 15.9. The van der Waals surface area contributed by atoms with E-state index in [-0.39, 0.29) is 12.5 Å². The third-order valence-electron chi connectivity index (χ3n) is 3.88. The first-order valence-corrected chi connectivity index (χ1v) is 7.35. The zero-order valence-corrected chi connectivity index (χ0v) is 13.4. The number of nitrogens with zero attached hydrogens (tertiary/aromatic N) is 1. The van der Waals surface area contributed by atoms with Crippen LogP contribution in [0.1, 0.15) is 32.3 Å². The molecule has 1 aromatic carbocycles. The minimum atomic E-state index is -0.518. The Labute approximate surface area is 127 Å². The van der Waals surface area contributed by atoms with Gasteiger partial charge in [-0.15, -0.1) is 0 Å². The minimum Gasteiger partial charge on any atom is -0.394 e. The van der Waals surface area contributed by atoms with Crippen molar-refractivity contribution in [1.82, 2.24) is 5.32 Å². The number of amides is 1. The zero-order valence-electron chi connectivity index (χ0n) is 13.4. The van der Waals surface area contributed by atoms with Gasteiger partial charge in [-0.1, -0.05) is 26.0 Å². The summed E-state index contributed by atoms with van der Waals surface area (Å²) >= 11 is 0. The number of carbonyl (C=O) groups is 1. The minimum absolute atomic E-state index is 0.0445. The van der Waals surface area contributed by atoms with Crippen molar-refractivity contribution in [1.29, 1.82) is 0 Å². The van der Waals surface area contributed by atoms with Crippen LogP contribution in [0.3, 0.4) is 0 Å². The molecule has 0 bridgehead atoms. The lowest BCUT2D eigenvalue weighted by molar-refractivity contribution is -0.119. The van der Waals surface area contributed by atoms with Crippen molar-refractivity contribution in [3.05, 3.63) is 35.9 Å². The van der Waals surface area contributed by atoms with E-state index in [0.717, 1.165) is 11.3 Å². The molecule has 0 aromatic heterocycles. The fraction of sp³-hybridized carbons (Fsp3) is 0.471. The molecule has 4 heteroatoms. The van der Waals surface area contributed by atoms with Crippen molar-refractivity contribution < 1.29 is 9.90 Å². The van der Waals surface area contributed by atoms with Gasteiger partial charge < -0.3 is 15.3 Å². The topological polar surface area (TPSA) is 52.6 Å².